The van der Waals surface area contributed by atoms with Gasteiger partial charge in [-0.05, 0) is 23.3 Å². The molecule has 0 spiro atoms. The van der Waals surface area contributed by atoms with E-state index in [9.17, 15) is 0 Å². The largest absolute Gasteiger partial charge is 0.397 e. The highest BCUT2D eigenvalue weighted by molar-refractivity contribution is 8.82. The topological polar surface area (TPSA) is 61.3 Å². The highest BCUT2D eigenvalue weighted by Crippen LogP contribution is 2.47. The lowest BCUT2D eigenvalue weighted by atomic mass is 9.96. The summed E-state index contributed by atoms with van der Waals surface area (Å²) in [4.78, 5) is 0. The Morgan fingerprint density at radius 3 is 0.547 bits per heavy atom. The summed E-state index contributed by atoms with van der Waals surface area (Å²) in [5, 5.41) is 0. The molecule has 372 valence electrons. The molecule has 54 heteroatoms. The molecule has 0 amide bonds. The van der Waals surface area contributed by atoms with E-state index in [1.54, 1.807) is 107 Å². The first-order valence-electron chi connectivity index (χ1n) is 12.6. The molecule has 1 aromatic carbocycles. The van der Waals surface area contributed by atoms with Gasteiger partial charge in [0.2, 0.25) is 0 Å². The molecule has 4 N–H and O–H groups in total. The third kappa shape index (κ3) is 43.6. The van der Waals surface area contributed by atoms with Crippen LogP contribution in [0.15, 0.2) is 24.3 Å². The summed E-state index contributed by atoms with van der Waals surface area (Å²) >= 11 is 9.63. The number of nitrogens with two attached hydrogens (primary N) is 2. The Kier molecular flexibility index (Phi) is 61.1. The summed E-state index contributed by atoms with van der Waals surface area (Å²) < 4.78 is 5.63. The zero-order valence-electron chi connectivity index (χ0n) is 27.8. The van der Waals surface area contributed by atoms with Crippen molar-refractivity contribution in [2.75, 3.05) is 11.5 Å². The lowest BCUT2D eigenvalue weighted by molar-refractivity contribution is 0.0879. The summed E-state index contributed by atoms with van der Waals surface area (Å²) in [5.74, 6) is 0. The Morgan fingerprint density at radius 2 is 0.406 bits per heavy atom. The second-order valence-corrected chi connectivity index (χ2v) is 93.5. The predicted octanol–water partition coefficient (Wildman–Crippen LogP) is 1.41. The fourth-order valence-corrected chi connectivity index (χ4v) is 131. The van der Waals surface area contributed by atoms with E-state index in [0.29, 0.717) is 11.4 Å². The lowest BCUT2D eigenvalue weighted by Gasteiger charge is -2.09. The van der Waals surface area contributed by atoms with Gasteiger partial charge in [0.05, 0.1) is 11.4 Å². The SMILES string of the molecule is Nc1cc2c(cc1N)C1C=CC2O1.S=S=S=S=S=S=S=S=S=S=S=S=S=S=S=S=S=S=S=S=S=S=S=S=S=S=S=S=S=S=S=S=S=S=S=S=S=S=S=S=S=S=S=S=S=S=S=S=S=S=S. The number of nitrogen functional groups attached to an aromatic ring is 2. The average molecular weight is 1810 g/mol. The van der Waals surface area contributed by atoms with Crippen LogP contribution in [0.4, 0.5) is 11.4 Å². The monoisotopic (exact) mass is 1800 g/mol. The van der Waals surface area contributed by atoms with Crippen molar-refractivity contribution in [3.05, 3.63) is 35.4 Å². The molecule has 1 aromatic rings. The number of rotatable bonds is 0. The maximum atomic E-state index is 5.72. The van der Waals surface area contributed by atoms with Gasteiger partial charge in [0.25, 0.3) is 0 Å². The molecule has 2 aliphatic heterocycles. The number of hydrogen-bond acceptors (Lipinski definition) is 5. The van der Waals surface area contributed by atoms with E-state index in [2.05, 4.69) is 12.2 Å². The van der Waals surface area contributed by atoms with E-state index >= 15 is 0 Å². The second kappa shape index (κ2) is 56.0. The van der Waals surface area contributed by atoms with Crippen LogP contribution in [0.2, 0.25) is 0 Å². The molecule has 2 aliphatic rings. The molecule has 3 rings (SSSR count). The van der Waals surface area contributed by atoms with Crippen molar-refractivity contribution in [3.8, 4) is 0 Å². The van der Waals surface area contributed by atoms with Crippen LogP contribution in [-0.2, 0) is 462 Å². The molecule has 0 aliphatic carbocycles. The van der Waals surface area contributed by atoms with Crippen LogP contribution in [-0.4, -0.2) is 0 Å². The van der Waals surface area contributed by atoms with Crippen molar-refractivity contribution >= 4 is 469 Å². The third-order valence-electron chi connectivity index (χ3n) is 3.99. The molecular formula is C10H10N2OS51. The number of hydrogen-bond donors (Lipinski definition) is 2. The van der Waals surface area contributed by atoms with E-state index in [1.165, 1.54) is 28.9 Å². The van der Waals surface area contributed by atoms with E-state index in [0.717, 1.165) is 0 Å². The maximum Gasteiger partial charge on any atom is 0.102 e. The highest BCUT2D eigenvalue weighted by Gasteiger charge is 2.33. The number of anilines is 2. The summed E-state index contributed by atoms with van der Waals surface area (Å²) in [6.07, 6.45) is 4.32. The maximum absolute atomic E-state index is 5.72. The predicted molar refractivity (Wildman–Crippen MR) is 427 cm³/mol. The summed E-state index contributed by atoms with van der Waals surface area (Å²) in [6, 6.07) is 3.83. The molecule has 2 heterocycles. The van der Waals surface area contributed by atoms with Crippen LogP contribution in [0.3, 0.4) is 0 Å². The lowest BCUT2D eigenvalue weighted by Crippen LogP contribution is -2.00. The van der Waals surface area contributed by atoms with Crippen LogP contribution in [0.1, 0.15) is 23.3 Å². The zero-order valence-corrected chi connectivity index (χ0v) is 69.5. The summed E-state index contributed by atoms with van der Waals surface area (Å²) in [7, 11) is 87.5. The van der Waals surface area contributed by atoms with Gasteiger partial charge in [-0.3, -0.25) is 0 Å². The molecule has 0 aromatic heterocycles. The molecular weight excluding hydrogens is 1800 g/mol. The number of fused-ring (bicyclic) bond motifs is 5. The zero-order chi connectivity index (χ0) is 45.6. The minimum Gasteiger partial charge on any atom is -0.397 e. The molecule has 0 saturated carbocycles. The van der Waals surface area contributed by atoms with Gasteiger partial charge in [0, 0.05) is 458 Å². The third-order valence-corrected chi connectivity index (χ3v) is 111. The molecule has 2 unspecified atom stereocenters. The molecule has 64 heavy (non-hydrogen) atoms. The molecule has 2 atom stereocenters. The van der Waals surface area contributed by atoms with Crippen molar-refractivity contribution in [2.24, 2.45) is 0 Å². The highest BCUT2D eigenvalue weighted by atomic mass is 33.5. The van der Waals surface area contributed by atoms with Gasteiger partial charge in [-0.1, -0.05) is 12.2 Å². The van der Waals surface area contributed by atoms with Crippen molar-refractivity contribution in [3.63, 3.8) is 0 Å². The van der Waals surface area contributed by atoms with Gasteiger partial charge in [-0.15, -0.1) is 0 Å². The van der Waals surface area contributed by atoms with Crippen molar-refractivity contribution in [2.45, 2.75) is 12.2 Å². The van der Waals surface area contributed by atoms with Gasteiger partial charge in [-0.25, -0.2) is 0 Å². The minimum absolute atomic E-state index is 0.0999. The standard InChI is InChI=1S/C10H10N2O.S51/c11-7-3-5-6(4-8(7)12)10-2-1-9(5)13-10;1-3-5-7-9-11-13-15-17-19-21-23-25-27-29-31-33-35-37-39-41-43-45-47-49-51-50-48-46-44-42-40-38-36-34-32-30-28-26-24-22-20-18-16-14-12-10-8-6-4-2/h1-4,9-10H,11-12H2;. The van der Waals surface area contributed by atoms with Crippen molar-refractivity contribution in [1.29, 1.82) is 0 Å². The Balaban J connectivity index is 0.000000897. The van der Waals surface area contributed by atoms with Crippen molar-refractivity contribution in [1.82, 2.24) is 0 Å². The fourth-order valence-electron chi connectivity index (χ4n) is 2.50. The molecule has 3 nitrogen and oxygen atoms in total. The van der Waals surface area contributed by atoms with E-state index in [-0.39, 0.29) is 12.2 Å². The Hall–Kier alpha value is 9.74. The second-order valence-electron chi connectivity index (χ2n) is 6.81. The Morgan fingerprint density at radius 1 is 0.266 bits per heavy atom. The molecule has 2 bridgehead atoms. The quantitative estimate of drug-likeness (QED) is 0.305. The van der Waals surface area contributed by atoms with Crippen LogP contribution >= 0.6 is 0 Å². The first kappa shape index (κ1) is 69.8. The van der Waals surface area contributed by atoms with Crippen LogP contribution < -0.4 is 11.5 Å². The van der Waals surface area contributed by atoms with Gasteiger partial charge in [0.1, 0.15) is 12.2 Å². The molecule has 0 saturated heterocycles. The first-order chi connectivity index (χ1) is 31.7. The average Bonchev–Trinajstić information content (AvgIpc) is 3.92. The van der Waals surface area contributed by atoms with Gasteiger partial charge < -0.3 is 16.2 Å². The van der Waals surface area contributed by atoms with Crippen LogP contribution in [0.25, 0.3) is 0 Å². The Labute approximate surface area is 518 Å². The smallest absolute Gasteiger partial charge is 0.102 e. The Bertz CT molecular complexity index is 4030. The fraction of sp³-hybridized carbons (Fsp3) is 0.200. The van der Waals surface area contributed by atoms with Gasteiger partial charge in [0.15, 0.2) is 0 Å². The minimum atomic E-state index is 0.0999. The normalized spacial score (nSPS) is 11.9. The number of benzene rings is 1. The molecule has 0 radical (unpaired) electrons. The van der Waals surface area contributed by atoms with Crippen molar-refractivity contribution < 1.29 is 4.74 Å². The van der Waals surface area contributed by atoms with E-state index < -0.39 is 0 Å². The van der Waals surface area contributed by atoms with Crippen LogP contribution in [0.5, 0.6) is 0 Å². The van der Waals surface area contributed by atoms with Gasteiger partial charge in [-0.2, -0.15) is 0 Å². The van der Waals surface area contributed by atoms with Crippen LogP contribution in [0, 0.1) is 0 Å². The summed E-state index contributed by atoms with van der Waals surface area (Å²) in [6.45, 7) is 0. The molecule has 0 fully saturated rings. The summed E-state index contributed by atoms with van der Waals surface area (Å²) in [5.41, 5.74) is 15.1. The van der Waals surface area contributed by atoms with E-state index in [4.69, 9.17) is 38.6 Å². The van der Waals surface area contributed by atoms with E-state index in [1.807, 2.05) is 323 Å². The number of ether oxygens (including phenoxy) is 1. The first-order valence-corrected chi connectivity index (χ1v) is 79.3. The van der Waals surface area contributed by atoms with Gasteiger partial charge >= 0.3 is 0 Å².